The lowest BCUT2D eigenvalue weighted by atomic mass is 9.79. The topological polar surface area (TPSA) is 28.2 Å². The molecule has 1 saturated heterocycles. The predicted octanol–water partition coefficient (Wildman–Crippen LogP) is 3.21. The average molecular weight is 299 g/mol. The number of nitrogens with one attached hydrogen (secondary N) is 1. The van der Waals surface area contributed by atoms with E-state index in [-0.39, 0.29) is 5.54 Å². The number of aromatic nitrogens is 1. The molecule has 1 saturated carbocycles. The minimum Gasteiger partial charge on any atom is -0.348 e. The molecule has 1 spiro atoms. The minimum absolute atomic E-state index is 0.0618. The van der Waals surface area contributed by atoms with Crippen molar-refractivity contribution < 1.29 is 13.2 Å². The fourth-order valence-electron chi connectivity index (χ4n) is 3.60. The minimum atomic E-state index is -4.31. The molecular weight excluding hydrogens is 279 g/mol. The summed E-state index contributed by atoms with van der Waals surface area (Å²) in [5.74, 6) is 0.466. The average Bonchev–Trinajstić information content (AvgIpc) is 2.48. The fraction of sp³-hybridized carbons (Fsp3) is 0.667. The summed E-state index contributed by atoms with van der Waals surface area (Å²) in [6.45, 7) is 2.35. The van der Waals surface area contributed by atoms with E-state index in [4.69, 9.17) is 0 Å². The number of anilines is 1. The van der Waals surface area contributed by atoms with Gasteiger partial charge in [0.25, 0.3) is 0 Å². The summed E-state index contributed by atoms with van der Waals surface area (Å²) in [4.78, 5) is 6.33. The first-order valence-corrected chi connectivity index (χ1v) is 7.53. The Hall–Kier alpha value is -1.30. The molecule has 0 radical (unpaired) electrons. The second kappa shape index (κ2) is 5.48. The molecule has 6 heteroatoms. The van der Waals surface area contributed by atoms with E-state index in [2.05, 4.69) is 15.2 Å². The van der Waals surface area contributed by atoms with Gasteiger partial charge in [-0.2, -0.15) is 13.2 Å². The van der Waals surface area contributed by atoms with E-state index in [1.165, 1.54) is 18.7 Å². The van der Waals surface area contributed by atoms with Crippen molar-refractivity contribution in [1.29, 1.82) is 0 Å². The number of alkyl halides is 3. The Labute approximate surface area is 122 Å². The molecule has 0 unspecified atom stereocenters. The second-order valence-electron chi connectivity index (χ2n) is 6.01. The first kappa shape index (κ1) is 14.6. The number of hydrogen-bond donors (Lipinski definition) is 1. The van der Waals surface area contributed by atoms with Crippen LogP contribution in [-0.2, 0) is 6.18 Å². The van der Waals surface area contributed by atoms with Crippen LogP contribution in [0.3, 0.4) is 0 Å². The Bertz CT molecular complexity index is 487. The summed E-state index contributed by atoms with van der Waals surface area (Å²) in [5.41, 5.74) is -0.676. The molecule has 1 aliphatic heterocycles. The lowest BCUT2D eigenvalue weighted by Crippen LogP contribution is -2.62. The molecule has 2 heterocycles. The van der Waals surface area contributed by atoms with Crippen LogP contribution in [0.25, 0.3) is 0 Å². The molecule has 0 bridgehead atoms. The molecule has 2 fully saturated rings. The SMILES string of the molecule is FC(F)(F)c1ccnc(N2CCNCC23CCCCC3)c1. The van der Waals surface area contributed by atoms with Gasteiger partial charge in [-0.3, -0.25) is 0 Å². The van der Waals surface area contributed by atoms with Gasteiger partial charge in [0.15, 0.2) is 0 Å². The highest BCUT2D eigenvalue weighted by molar-refractivity contribution is 5.46. The molecule has 0 amide bonds. The third kappa shape index (κ3) is 2.86. The Balaban J connectivity index is 1.93. The maximum Gasteiger partial charge on any atom is 0.416 e. The van der Waals surface area contributed by atoms with Gasteiger partial charge in [-0.25, -0.2) is 4.98 Å². The first-order valence-electron chi connectivity index (χ1n) is 7.53. The molecule has 116 valence electrons. The highest BCUT2D eigenvalue weighted by atomic mass is 19.4. The molecule has 3 nitrogen and oxygen atoms in total. The van der Waals surface area contributed by atoms with Crippen LogP contribution in [0.15, 0.2) is 18.3 Å². The van der Waals surface area contributed by atoms with Crippen molar-refractivity contribution >= 4 is 5.82 Å². The van der Waals surface area contributed by atoms with Crippen LogP contribution in [0.4, 0.5) is 19.0 Å². The molecule has 1 aliphatic carbocycles. The lowest BCUT2D eigenvalue weighted by molar-refractivity contribution is -0.137. The molecule has 2 aliphatic rings. The van der Waals surface area contributed by atoms with Gasteiger partial charge in [-0.1, -0.05) is 19.3 Å². The maximum absolute atomic E-state index is 12.9. The normalized spacial score (nSPS) is 22.5. The van der Waals surface area contributed by atoms with E-state index in [0.717, 1.165) is 44.8 Å². The van der Waals surface area contributed by atoms with Crippen molar-refractivity contribution in [3.05, 3.63) is 23.9 Å². The third-order valence-corrected chi connectivity index (χ3v) is 4.67. The zero-order chi connectivity index (χ0) is 14.9. The molecule has 1 aromatic heterocycles. The van der Waals surface area contributed by atoms with E-state index in [0.29, 0.717) is 12.4 Å². The molecular formula is C15H20F3N3. The van der Waals surface area contributed by atoms with Crippen LogP contribution in [0.1, 0.15) is 37.7 Å². The van der Waals surface area contributed by atoms with Crippen molar-refractivity contribution in [3.8, 4) is 0 Å². The van der Waals surface area contributed by atoms with E-state index >= 15 is 0 Å². The Morgan fingerprint density at radius 1 is 1.19 bits per heavy atom. The number of pyridine rings is 1. The Morgan fingerprint density at radius 3 is 2.67 bits per heavy atom. The van der Waals surface area contributed by atoms with Gasteiger partial charge in [0, 0.05) is 25.8 Å². The number of nitrogens with zero attached hydrogens (tertiary/aromatic N) is 2. The number of rotatable bonds is 1. The number of hydrogen-bond acceptors (Lipinski definition) is 3. The zero-order valence-electron chi connectivity index (χ0n) is 11.9. The number of halogens is 3. The van der Waals surface area contributed by atoms with Gasteiger partial charge in [-0.15, -0.1) is 0 Å². The van der Waals surface area contributed by atoms with Crippen LogP contribution >= 0.6 is 0 Å². The van der Waals surface area contributed by atoms with E-state index in [9.17, 15) is 13.2 Å². The Morgan fingerprint density at radius 2 is 1.95 bits per heavy atom. The largest absolute Gasteiger partial charge is 0.416 e. The van der Waals surface area contributed by atoms with Gasteiger partial charge in [-0.05, 0) is 25.0 Å². The van der Waals surface area contributed by atoms with Crippen LogP contribution < -0.4 is 10.2 Å². The van der Waals surface area contributed by atoms with Crippen LogP contribution in [-0.4, -0.2) is 30.2 Å². The van der Waals surface area contributed by atoms with Crippen LogP contribution in [0.2, 0.25) is 0 Å². The molecule has 21 heavy (non-hydrogen) atoms. The predicted molar refractivity (Wildman–Crippen MR) is 75.3 cm³/mol. The summed E-state index contributed by atoms with van der Waals surface area (Å²) in [6, 6.07) is 2.24. The lowest BCUT2D eigenvalue weighted by Gasteiger charge is -2.50. The highest BCUT2D eigenvalue weighted by Crippen LogP contribution is 2.38. The summed E-state index contributed by atoms with van der Waals surface area (Å²) in [7, 11) is 0. The van der Waals surface area contributed by atoms with Gasteiger partial charge in [0.1, 0.15) is 5.82 Å². The summed E-state index contributed by atoms with van der Waals surface area (Å²) >= 11 is 0. The van der Waals surface area contributed by atoms with Gasteiger partial charge < -0.3 is 10.2 Å². The van der Waals surface area contributed by atoms with E-state index < -0.39 is 11.7 Å². The highest BCUT2D eigenvalue weighted by Gasteiger charge is 2.41. The first-order chi connectivity index (χ1) is 10.0. The zero-order valence-corrected chi connectivity index (χ0v) is 11.9. The smallest absolute Gasteiger partial charge is 0.348 e. The van der Waals surface area contributed by atoms with Gasteiger partial charge >= 0.3 is 6.18 Å². The fourth-order valence-corrected chi connectivity index (χ4v) is 3.60. The second-order valence-corrected chi connectivity index (χ2v) is 6.01. The quantitative estimate of drug-likeness (QED) is 0.863. The molecule has 0 atom stereocenters. The molecule has 1 aromatic rings. The molecule has 3 rings (SSSR count). The summed E-state index contributed by atoms with van der Waals surface area (Å²) in [6.07, 6.45) is 2.50. The Kier molecular flexibility index (Phi) is 3.82. The van der Waals surface area contributed by atoms with E-state index in [1.54, 1.807) is 0 Å². The maximum atomic E-state index is 12.9. The standard InChI is InChI=1S/C15H20F3N3/c16-15(17,18)12-4-7-20-13(10-12)21-9-8-19-11-14(21)5-2-1-3-6-14/h4,7,10,19H,1-3,5-6,8-9,11H2. The van der Waals surface area contributed by atoms with E-state index in [1.807, 2.05) is 0 Å². The third-order valence-electron chi connectivity index (χ3n) is 4.67. The molecule has 1 N–H and O–H groups in total. The van der Waals surface area contributed by atoms with Gasteiger partial charge in [0.05, 0.1) is 11.1 Å². The van der Waals surface area contributed by atoms with Crippen LogP contribution in [0.5, 0.6) is 0 Å². The van der Waals surface area contributed by atoms with Crippen molar-refractivity contribution in [2.24, 2.45) is 0 Å². The van der Waals surface area contributed by atoms with Crippen molar-refractivity contribution in [1.82, 2.24) is 10.3 Å². The summed E-state index contributed by atoms with van der Waals surface area (Å²) < 4.78 is 38.7. The van der Waals surface area contributed by atoms with Gasteiger partial charge in [0.2, 0.25) is 0 Å². The number of piperazine rings is 1. The monoisotopic (exact) mass is 299 g/mol. The van der Waals surface area contributed by atoms with Crippen LogP contribution in [0, 0.1) is 0 Å². The van der Waals surface area contributed by atoms with Crippen molar-refractivity contribution in [2.75, 3.05) is 24.5 Å². The van der Waals surface area contributed by atoms with Crippen molar-refractivity contribution in [2.45, 2.75) is 43.8 Å². The van der Waals surface area contributed by atoms with Crippen molar-refractivity contribution in [3.63, 3.8) is 0 Å². The summed E-state index contributed by atoms with van der Waals surface area (Å²) in [5, 5.41) is 3.40. The molecule has 0 aromatic carbocycles.